The molecule has 166 valence electrons. The normalized spacial score (nSPS) is 19.8. The summed E-state index contributed by atoms with van der Waals surface area (Å²) in [5, 5.41) is 29.4. The molecule has 4 atom stereocenters. The van der Waals surface area contributed by atoms with Crippen molar-refractivity contribution in [2.75, 3.05) is 19.8 Å². The maximum absolute atomic E-state index is 9.82. The molecule has 7 heteroatoms. The fourth-order valence-electron chi connectivity index (χ4n) is 3.56. The standard InChI is InChI=1S/C25H26N2O5/c1-17(29)25-26-12-13-27(25)21(14-28)9-4-18-2-5-19(6-3-18)20-7-10-22(11-8-20)32-24-16-31-15-23(24)30/h2-3,5-8,10-13,17,21,23-24,28-30H,14-16H2,1H3/t17-,21-,23+,24+/m0/s1. The van der Waals surface area contributed by atoms with Crippen molar-refractivity contribution < 1.29 is 24.8 Å². The number of aliphatic hydroxyl groups is 3. The predicted octanol–water partition coefficient (Wildman–Crippen LogP) is 2.33. The van der Waals surface area contributed by atoms with Gasteiger partial charge in [0.25, 0.3) is 0 Å². The molecule has 0 aliphatic carbocycles. The van der Waals surface area contributed by atoms with Crippen LogP contribution in [0.1, 0.15) is 30.5 Å². The Balaban J connectivity index is 1.44. The van der Waals surface area contributed by atoms with Gasteiger partial charge in [-0.2, -0.15) is 0 Å². The molecule has 2 aromatic carbocycles. The Morgan fingerprint density at radius 1 is 1.12 bits per heavy atom. The average Bonchev–Trinajstić information content (AvgIpc) is 3.45. The van der Waals surface area contributed by atoms with E-state index >= 15 is 0 Å². The summed E-state index contributed by atoms with van der Waals surface area (Å²) in [4.78, 5) is 4.13. The number of hydrogen-bond acceptors (Lipinski definition) is 6. The minimum absolute atomic E-state index is 0.181. The number of aliphatic hydroxyl groups excluding tert-OH is 3. The third-order valence-corrected chi connectivity index (χ3v) is 5.32. The minimum Gasteiger partial charge on any atom is -0.485 e. The van der Waals surface area contributed by atoms with Crippen molar-refractivity contribution in [2.24, 2.45) is 0 Å². The highest BCUT2D eigenvalue weighted by molar-refractivity contribution is 5.65. The summed E-state index contributed by atoms with van der Waals surface area (Å²) in [6.45, 7) is 2.15. The molecule has 0 spiro atoms. The predicted molar refractivity (Wildman–Crippen MR) is 119 cm³/mol. The van der Waals surface area contributed by atoms with Crippen molar-refractivity contribution in [1.29, 1.82) is 0 Å². The third kappa shape index (κ3) is 5.01. The second-order valence-corrected chi connectivity index (χ2v) is 7.70. The molecule has 0 saturated carbocycles. The first-order valence-corrected chi connectivity index (χ1v) is 10.5. The van der Waals surface area contributed by atoms with E-state index in [1.165, 1.54) is 0 Å². The molecule has 1 saturated heterocycles. The average molecular weight is 434 g/mol. The first-order chi connectivity index (χ1) is 15.5. The van der Waals surface area contributed by atoms with Crippen LogP contribution < -0.4 is 4.74 Å². The maximum atomic E-state index is 9.82. The molecule has 7 nitrogen and oxygen atoms in total. The van der Waals surface area contributed by atoms with Gasteiger partial charge in [-0.25, -0.2) is 4.98 Å². The van der Waals surface area contributed by atoms with E-state index in [9.17, 15) is 15.3 Å². The van der Waals surface area contributed by atoms with E-state index in [-0.39, 0.29) is 12.7 Å². The fourth-order valence-corrected chi connectivity index (χ4v) is 3.56. The summed E-state index contributed by atoms with van der Waals surface area (Å²) < 4.78 is 12.7. The Morgan fingerprint density at radius 3 is 2.41 bits per heavy atom. The lowest BCUT2D eigenvalue weighted by molar-refractivity contribution is 0.0733. The van der Waals surface area contributed by atoms with E-state index in [4.69, 9.17) is 9.47 Å². The summed E-state index contributed by atoms with van der Waals surface area (Å²) in [6.07, 6.45) is 1.62. The second-order valence-electron chi connectivity index (χ2n) is 7.70. The van der Waals surface area contributed by atoms with Gasteiger partial charge in [0.1, 0.15) is 35.9 Å². The van der Waals surface area contributed by atoms with Gasteiger partial charge in [-0.05, 0) is 42.3 Å². The molecule has 0 unspecified atom stereocenters. The quantitative estimate of drug-likeness (QED) is 0.516. The lowest BCUT2D eigenvalue weighted by atomic mass is 10.0. The smallest absolute Gasteiger partial charge is 0.150 e. The number of benzene rings is 2. The Bertz CT molecular complexity index is 1080. The molecule has 3 aromatic rings. The van der Waals surface area contributed by atoms with Crippen LogP contribution >= 0.6 is 0 Å². The van der Waals surface area contributed by atoms with E-state index in [2.05, 4.69) is 16.8 Å². The summed E-state index contributed by atoms with van der Waals surface area (Å²) in [6, 6.07) is 15.0. The molecule has 1 fully saturated rings. The zero-order chi connectivity index (χ0) is 22.5. The highest BCUT2D eigenvalue weighted by atomic mass is 16.6. The zero-order valence-electron chi connectivity index (χ0n) is 17.8. The van der Waals surface area contributed by atoms with Crippen LogP contribution in [-0.4, -0.2) is 56.9 Å². The minimum atomic E-state index is -0.742. The van der Waals surface area contributed by atoms with Crippen LogP contribution in [-0.2, 0) is 4.74 Å². The highest BCUT2D eigenvalue weighted by Crippen LogP contribution is 2.24. The van der Waals surface area contributed by atoms with Crippen LogP contribution in [0.15, 0.2) is 60.9 Å². The van der Waals surface area contributed by atoms with Crippen molar-refractivity contribution in [3.63, 3.8) is 0 Å². The fraction of sp³-hybridized carbons (Fsp3) is 0.320. The van der Waals surface area contributed by atoms with Crippen molar-refractivity contribution in [3.05, 3.63) is 72.3 Å². The van der Waals surface area contributed by atoms with Gasteiger partial charge in [-0.3, -0.25) is 0 Å². The van der Waals surface area contributed by atoms with Crippen molar-refractivity contribution in [2.45, 2.75) is 31.3 Å². The highest BCUT2D eigenvalue weighted by Gasteiger charge is 2.27. The van der Waals surface area contributed by atoms with Gasteiger partial charge in [0.05, 0.1) is 19.8 Å². The lowest BCUT2D eigenvalue weighted by Gasteiger charge is -2.15. The summed E-state index contributed by atoms with van der Waals surface area (Å²) in [7, 11) is 0. The van der Waals surface area contributed by atoms with E-state index in [0.717, 1.165) is 16.7 Å². The molecule has 0 radical (unpaired) electrons. The number of rotatable bonds is 6. The van der Waals surface area contributed by atoms with Gasteiger partial charge in [0, 0.05) is 18.0 Å². The van der Waals surface area contributed by atoms with E-state index < -0.39 is 18.2 Å². The van der Waals surface area contributed by atoms with Crippen molar-refractivity contribution >= 4 is 0 Å². The number of ether oxygens (including phenoxy) is 2. The zero-order valence-corrected chi connectivity index (χ0v) is 17.8. The van der Waals surface area contributed by atoms with Crippen LogP contribution in [0, 0.1) is 11.8 Å². The van der Waals surface area contributed by atoms with Crippen LogP contribution in [0.2, 0.25) is 0 Å². The lowest BCUT2D eigenvalue weighted by Crippen LogP contribution is -2.29. The monoisotopic (exact) mass is 434 g/mol. The van der Waals surface area contributed by atoms with Gasteiger partial charge >= 0.3 is 0 Å². The Hall–Kier alpha value is -3.15. The summed E-state index contributed by atoms with van der Waals surface area (Å²) in [5.41, 5.74) is 2.89. The van der Waals surface area contributed by atoms with E-state index in [1.807, 2.05) is 48.5 Å². The Labute approximate surface area is 186 Å². The van der Waals surface area contributed by atoms with Gasteiger partial charge in [-0.1, -0.05) is 36.1 Å². The van der Waals surface area contributed by atoms with Crippen LogP contribution in [0.5, 0.6) is 5.75 Å². The van der Waals surface area contributed by atoms with E-state index in [0.29, 0.717) is 24.8 Å². The molecule has 1 aromatic heterocycles. The van der Waals surface area contributed by atoms with Crippen LogP contribution in [0.3, 0.4) is 0 Å². The SMILES string of the molecule is C[C@H](O)c1nccn1[C@@H](C#Cc1ccc(-c2ccc(O[C@@H]3COC[C@H]3O)cc2)cc1)CO. The molecule has 1 aliphatic rings. The molecule has 1 aliphatic heterocycles. The van der Waals surface area contributed by atoms with Gasteiger partial charge < -0.3 is 29.4 Å². The molecule has 32 heavy (non-hydrogen) atoms. The maximum Gasteiger partial charge on any atom is 0.150 e. The molecular weight excluding hydrogens is 408 g/mol. The molecule has 3 N–H and O–H groups in total. The van der Waals surface area contributed by atoms with Gasteiger partial charge in [0.15, 0.2) is 0 Å². The number of nitrogens with zero attached hydrogens (tertiary/aromatic N) is 2. The summed E-state index contributed by atoms with van der Waals surface area (Å²) in [5.74, 6) is 7.30. The van der Waals surface area contributed by atoms with Crippen LogP contribution in [0.4, 0.5) is 0 Å². The number of aromatic nitrogens is 2. The largest absolute Gasteiger partial charge is 0.485 e. The van der Waals surface area contributed by atoms with Crippen LogP contribution in [0.25, 0.3) is 11.1 Å². The van der Waals surface area contributed by atoms with Gasteiger partial charge in [-0.15, -0.1) is 0 Å². The first-order valence-electron chi connectivity index (χ1n) is 10.5. The second kappa shape index (κ2) is 9.98. The third-order valence-electron chi connectivity index (χ3n) is 5.32. The Kier molecular flexibility index (Phi) is 6.88. The van der Waals surface area contributed by atoms with E-state index in [1.54, 1.807) is 23.9 Å². The molecule has 0 bridgehead atoms. The topological polar surface area (TPSA) is 97.0 Å². The molecular formula is C25H26N2O5. The van der Waals surface area contributed by atoms with Gasteiger partial charge in [0.2, 0.25) is 0 Å². The summed E-state index contributed by atoms with van der Waals surface area (Å²) >= 11 is 0. The Morgan fingerprint density at radius 2 is 1.81 bits per heavy atom. The van der Waals surface area contributed by atoms with Crippen molar-refractivity contribution in [1.82, 2.24) is 9.55 Å². The molecule has 0 amide bonds. The van der Waals surface area contributed by atoms with Crippen molar-refractivity contribution in [3.8, 4) is 28.7 Å². The molecule has 2 heterocycles. The number of hydrogen-bond donors (Lipinski definition) is 3. The number of imidazole rings is 1. The first kappa shape index (κ1) is 22.1. The molecule has 4 rings (SSSR count).